The molecule has 1 saturated heterocycles. The van der Waals surface area contributed by atoms with Gasteiger partial charge in [0.2, 0.25) is 0 Å². The highest BCUT2D eigenvalue weighted by atomic mass is 19.1. The lowest BCUT2D eigenvalue weighted by Crippen LogP contribution is -2.48. The third kappa shape index (κ3) is 5.57. The van der Waals surface area contributed by atoms with Crippen LogP contribution in [-0.4, -0.2) is 54.4 Å². The first-order valence-electron chi connectivity index (χ1n) is 13.2. The predicted molar refractivity (Wildman–Crippen MR) is 144 cm³/mol. The zero-order chi connectivity index (χ0) is 27.5. The van der Waals surface area contributed by atoms with E-state index in [-0.39, 0.29) is 23.9 Å². The molecule has 1 aliphatic carbocycles. The van der Waals surface area contributed by atoms with E-state index < -0.39 is 11.8 Å². The molecule has 204 valence electrons. The Morgan fingerprint density at radius 1 is 1.10 bits per heavy atom. The SMILES string of the molecule is COc1nccc(C2=C(c3ccc(CC4CN(CCCF)C4)c(F)c3)c3ccc(C(=O)O)cc3CCC2)c1F. The quantitative estimate of drug-likeness (QED) is 0.353. The summed E-state index contributed by atoms with van der Waals surface area (Å²) in [7, 11) is 1.36. The molecule has 0 unspecified atom stereocenters. The fraction of sp³-hybridized carbons (Fsp3) is 0.355. The van der Waals surface area contributed by atoms with Crippen LogP contribution in [0.15, 0.2) is 48.7 Å². The van der Waals surface area contributed by atoms with Crippen molar-refractivity contribution < 1.29 is 27.8 Å². The lowest BCUT2D eigenvalue weighted by molar-refractivity contribution is 0.0696. The van der Waals surface area contributed by atoms with Crippen LogP contribution in [0.1, 0.15) is 57.4 Å². The number of allylic oxidation sites excluding steroid dienone is 1. The fourth-order valence-corrected chi connectivity index (χ4v) is 5.77. The zero-order valence-electron chi connectivity index (χ0n) is 21.9. The number of carboxylic acid groups (broad SMARTS) is 1. The van der Waals surface area contributed by atoms with Crippen LogP contribution in [0.3, 0.4) is 0 Å². The molecule has 39 heavy (non-hydrogen) atoms. The molecular weight excluding hydrogens is 505 g/mol. The van der Waals surface area contributed by atoms with Crippen molar-refractivity contribution in [3.05, 3.63) is 93.7 Å². The Kier molecular flexibility index (Phi) is 8.02. The van der Waals surface area contributed by atoms with Gasteiger partial charge in [0.05, 0.1) is 19.3 Å². The van der Waals surface area contributed by atoms with E-state index in [2.05, 4.69) is 9.88 Å². The van der Waals surface area contributed by atoms with Crippen LogP contribution in [0, 0.1) is 17.6 Å². The third-order valence-corrected chi connectivity index (χ3v) is 7.66. The number of carboxylic acids is 1. The van der Waals surface area contributed by atoms with E-state index in [4.69, 9.17) is 4.74 Å². The number of benzene rings is 2. The number of halogens is 3. The molecule has 0 spiro atoms. The van der Waals surface area contributed by atoms with Crippen LogP contribution >= 0.6 is 0 Å². The van der Waals surface area contributed by atoms with Gasteiger partial charge in [-0.3, -0.25) is 4.39 Å². The van der Waals surface area contributed by atoms with Gasteiger partial charge < -0.3 is 14.7 Å². The third-order valence-electron chi connectivity index (χ3n) is 7.66. The van der Waals surface area contributed by atoms with Gasteiger partial charge >= 0.3 is 5.97 Å². The number of methoxy groups -OCH3 is 1. The van der Waals surface area contributed by atoms with Gasteiger partial charge in [0.25, 0.3) is 5.88 Å². The molecule has 0 radical (unpaired) electrons. The van der Waals surface area contributed by atoms with Crippen molar-refractivity contribution in [1.82, 2.24) is 9.88 Å². The molecule has 5 rings (SSSR count). The molecule has 2 aliphatic rings. The minimum atomic E-state index is -1.02. The molecule has 8 heteroatoms. The van der Waals surface area contributed by atoms with Crippen molar-refractivity contribution >= 4 is 17.1 Å². The number of ether oxygens (including phenoxy) is 1. The van der Waals surface area contributed by atoms with Crippen molar-refractivity contribution in [2.45, 2.75) is 32.1 Å². The van der Waals surface area contributed by atoms with Gasteiger partial charge in [0.15, 0.2) is 5.82 Å². The Morgan fingerprint density at radius 2 is 1.92 bits per heavy atom. The highest BCUT2D eigenvalue weighted by molar-refractivity contribution is 6.01. The summed E-state index contributed by atoms with van der Waals surface area (Å²) in [5, 5.41) is 9.53. The topological polar surface area (TPSA) is 62.7 Å². The van der Waals surface area contributed by atoms with Gasteiger partial charge in [0.1, 0.15) is 5.82 Å². The number of aromatic nitrogens is 1. The van der Waals surface area contributed by atoms with Gasteiger partial charge in [-0.2, -0.15) is 0 Å². The molecule has 2 heterocycles. The second kappa shape index (κ2) is 11.6. The summed E-state index contributed by atoms with van der Waals surface area (Å²) in [5.74, 6) is -1.73. The van der Waals surface area contributed by atoms with Crippen LogP contribution in [0.5, 0.6) is 5.88 Å². The van der Waals surface area contributed by atoms with Gasteiger partial charge in [-0.1, -0.05) is 18.2 Å². The maximum atomic E-state index is 15.5. The molecule has 2 aromatic carbocycles. The van der Waals surface area contributed by atoms with Crippen LogP contribution < -0.4 is 4.74 Å². The van der Waals surface area contributed by atoms with Crippen molar-refractivity contribution in [3.63, 3.8) is 0 Å². The average molecular weight is 537 g/mol. The van der Waals surface area contributed by atoms with Gasteiger partial charge in [-0.25, -0.2) is 18.6 Å². The van der Waals surface area contributed by atoms with Crippen molar-refractivity contribution in [3.8, 4) is 5.88 Å². The summed E-state index contributed by atoms with van der Waals surface area (Å²) in [6, 6.07) is 11.7. The van der Waals surface area contributed by atoms with E-state index in [1.807, 2.05) is 6.07 Å². The summed E-state index contributed by atoms with van der Waals surface area (Å²) < 4.78 is 48.6. The average Bonchev–Trinajstić information content (AvgIpc) is 3.09. The lowest BCUT2D eigenvalue weighted by atomic mass is 9.86. The number of carbonyl (C=O) groups is 1. The molecule has 0 bridgehead atoms. The molecule has 1 aliphatic heterocycles. The Morgan fingerprint density at radius 3 is 2.64 bits per heavy atom. The monoisotopic (exact) mass is 536 g/mol. The number of hydrogen-bond acceptors (Lipinski definition) is 4. The fourth-order valence-electron chi connectivity index (χ4n) is 5.77. The largest absolute Gasteiger partial charge is 0.479 e. The van der Waals surface area contributed by atoms with Crippen molar-refractivity contribution in [1.29, 1.82) is 0 Å². The Balaban J connectivity index is 1.56. The number of nitrogens with zero attached hydrogens (tertiary/aromatic N) is 2. The number of likely N-dealkylation sites (tertiary alicyclic amines) is 1. The van der Waals surface area contributed by atoms with E-state index in [1.165, 1.54) is 25.4 Å². The molecule has 1 fully saturated rings. The van der Waals surface area contributed by atoms with Crippen LogP contribution in [0.4, 0.5) is 13.2 Å². The summed E-state index contributed by atoms with van der Waals surface area (Å²) in [6.45, 7) is 2.06. The van der Waals surface area contributed by atoms with Crippen LogP contribution in [0.25, 0.3) is 11.1 Å². The minimum Gasteiger partial charge on any atom is -0.479 e. The summed E-state index contributed by atoms with van der Waals surface area (Å²) >= 11 is 0. The zero-order valence-corrected chi connectivity index (χ0v) is 21.9. The van der Waals surface area contributed by atoms with Gasteiger partial charge in [0, 0.05) is 31.4 Å². The Bertz CT molecular complexity index is 1420. The first-order valence-corrected chi connectivity index (χ1v) is 13.2. The highest BCUT2D eigenvalue weighted by Gasteiger charge is 2.28. The standard InChI is InChI=1S/C31H31F3N2O3/c1-39-30-29(34)26(10-12-35-30)25-5-2-4-20-15-23(31(37)38)8-9-24(20)28(25)22-7-6-21(27(33)16-22)14-19-17-36(18-19)13-3-11-32/h6-10,12,15-16,19H,2-5,11,13-14,17-18H2,1H3,(H,37,38). The van der Waals surface area contributed by atoms with E-state index in [9.17, 15) is 14.3 Å². The number of aryl methyl sites for hydroxylation is 1. The summed E-state index contributed by atoms with van der Waals surface area (Å²) in [6.07, 6.45) is 4.39. The molecule has 3 aromatic rings. The smallest absolute Gasteiger partial charge is 0.335 e. The first kappa shape index (κ1) is 26.9. The van der Waals surface area contributed by atoms with Crippen molar-refractivity contribution in [2.75, 3.05) is 33.4 Å². The van der Waals surface area contributed by atoms with E-state index in [0.29, 0.717) is 65.9 Å². The van der Waals surface area contributed by atoms with Gasteiger partial charge in [-0.15, -0.1) is 0 Å². The van der Waals surface area contributed by atoms with E-state index in [0.717, 1.165) is 30.8 Å². The second-order valence-electron chi connectivity index (χ2n) is 10.2. The number of hydrogen-bond donors (Lipinski definition) is 1. The van der Waals surface area contributed by atoms with E-state index in [1.54, 1.807) is 24.3 Å². The summed E-state index contributed by atoms with van der Waals surface area (Å²) in [5.41, 5.74) is 4.69. The highest BCUT2D eigenvalue weighted by Crippen LogP contribution is 2.42. The summed E-state index contributed by atoms with van der Waals surface area (Å²) in [4.78, 5) is 17.8. The minimum absolute atomic E-state index is 0.118. The number of rotatable bonds is 9. The van der Waals surface area contributed by atoms with Crippen LogP contribution in [-0.2, 0) is 12.8 Å². The maximum absolute atomic E-state index is 15.5. The van der Waals surface area contributed by atoms with Gasteiger partial charge in [-0.05, 0) is 95.7 Å². The molecular formula is C31H31F3N2O3. The molecule has 1 aromatic heterocycles. The maximum Gasteiger partial charge on any atom is 0.335 e. The molecule has 0 saturated carbocycles. The van der Waals surface area contributed by atoms with Crippen molar-refractivity contribution in [2.24, 2.45) is 5.92 Å². The Labute approximate surface area is 225 Å². The molecule has 0 atom stereocenters. The number of alkyl halides is 1. The lowest BCUT2D eigenvalue weighted by Gasteiger charge is -2.39. The Hall–Kier alpha value is -3.65. The van der Waals surface area contributed by atoms with E-state index >= 15 is 8.78 Å². The normalized spacial score (nSPS) is 16.0. The molecule has 0 amide bonds. The second-order valence-corrected chi connectivity index (χ2v) is 10.2. The first-order chi connectivity index (χ1) is 18.9. The number of pyridine rings is 1. The number of aromatic carboxylic acids is 1. The molecule has 5 nitrogen and oxygen atoms in total. The molecule has 1 N–H and O–H groups in total. The predicted octanol–water partition coefficient (Wildman–Crippen LogP) is 6.20. The number of fused-ring (bicyclic) bond motifs is 1. The van der Waals surface area contributed by atoms with Crippen LogP contribution in [0.2, 0.25) is 0 Å².